The van der Waals surface area contributed by atoms with Gasteiger partial charge in [-0.05, 0) is 24.3 Å². The molecule has 1 fully saturated rings. The van der Waals surface area contributed by atoms with Crippen molar-refractivity contribution in [3.05, 3.63) is 71.8 Å². The lowest BCUT2D eigenvalue weighted by atomic mass is 10.1. The Morgan fingerprint density at radius 1 is 1.22 bits per heavy atom. The van der Waals surface area contributed by atoms with Gasteiger partial charge in [0.1, 0.15) is 22.3 Å². The van der Waals surface area contributed by atoms with Crippen LogP contribution >= 0.6 is 11.3 Å². The van der Waals surface area contributed by atoms with Crippen molar-refractivity contribution >= 4 is 34.6 Å². The first-order valence-electron chi connectivity index (χ1n) is 9.53. The topological polar surface area (TPSA) is 142 Å². The number of non-ortho nitro benzene ring substituents is 1. The number of carbonyl (C=O) groups is 1. The molecular formula is C21H16N4O6S. The van der Waals surface area contributed by atoms with Gasteiger partial charge < -0.3 is 19.0 Å². The summed E-state index contributed by atoms with van der Waals surface area (Å²) in [7, 11) is 0. The zero-order valence-corrected chi connectivity index (χ0v) is 17.4. The Kier molecular flexibility index (Phi) is 5.98. The largest absolute Gasteiger partial charge is 0.457 e. The Bertz CT molecular complexity index is 1390. The Morgan fingerprint density at radius 2 is 1.94 bits per heavy atom. The summed E-state index contributed by atoms with van der Waals surface area (Å²) >= 11 is 0.993. The number of nitriles is 1. The van der Waals surface area contributed by atoms with Crippen molar-refractivity contribution in [3.63, 3.8) is 0 Å². The van der Waals surface area contributed by atoms with Crippen molar-refractivity contribution in [2.24, 2.45) is 0 Å². The van der Waals surface area contributed by atoms with Crippen LogP contribution in [0.3, 0.4) is 0 Å². The number of amides is 1. The molecule has 1 aliphatic heterocycles. The molecule has 0 atom stereocenters. The van der Waals surface area contributed by atoms with E-state index in [9.17, 15) is 25.0 Å². The van der Waals surface area contributed by atoms with E-state index in [-0.39, 0.29) is 20.5 Å². The molecule has 2 aromatic heterocycles. The molecule has 0 spiro atoms. The average molecular weight is 452 g/mol. The predicted octanol–water partition coefficient (Wildman–Crippen LogP) is 0.966. The molecule has 11 heteroatoms. The monoisotopic (exact) mass is 452 g/mol. The third-order valence-corrected chi connectivity index (χ3v) is 5.81. The number of nitro benzene ring substituents is 1. The summed E-state index contributed by atoms with van der Waals surface area (Å²) in [6.45, 7) is 1.58. The smallest absolute Gasteiger partial charge is 0.269 e. The maximum Gasteiger partial charge on any atom is 0.269 e. The van der Waals surface area contributed by atoms with Crippen molar-refractivity contribution in [2.75, 3.05) is 26.3 Å². The van der Waals surface area contributed by atoms with Crippen LogP contribution < -0.4 is 14.8 Å². The molecule has 0 unspecified atom stereocenters. The van der Waals surface area contributed by atoms with E-state index in [2.05, 4.69) is 4.98 Å². The molecule has 3 heterocycles. The Balaban J connectivity index is 1.65. The summed E-state index contributed by atoms with van der Waals surface area (Å²) in [6, 6.07) is 11.1. The zero-order chi connectivity index (χ0) is 22.7. The Labute approximate surface area is 184 Å². The van der Waals surface area contributed by atoms with Crippen LogP contribution in [0.5, 0.6) is 0 Å². The second-order valence-corrected chi connectivity index (χ2v) is 7.84. The molecule has 162 valence electrons. The predicted molar refractivity (Wildman–Crippen MR) is 115 cm³/mol. The van der Waals surface area contributed by atoms with Gasteiger partial charge >= 0.3 is 0 Å². The minimum atomic E-state index is -0.484. The summed E-state index contributed by atoms with van der Waals surface area (Å²) in [5.74, 6) is 0.416. The van der Waals surface area contributed by atoms with Crippen LogP contribution in [0, 0.1) is 21.4 Å². The van der Waals surface area contributed by atoms with Crippen LogP contribution in [0.15, 0.2) is 45.6 Å². The van der Waals surface area contributed by atoms with Crippen LogP contribution in [0.2, 0.25) is 0 Å². The summed E-state index contributed by atoms with van der Waals surface area (Å²) in [6.07, 6.45) is 1.51. The minimum Gasteiger partial charge on any atom is -0.457 e. The number of hydrogen-bond acceptors (Lipinski definition) is 8. The van der Waals surface area contributed by atoms with Gasteiger partial charge in [0.25, 0.3) is 17.2 Å². The first-order valence-corrected chi connectivity index (χ1v) is 10.3. The van der Waals surface area contributed by atoms with E-state index >= 15 is 0 Å². The fourth-order valence-corrected chi connectivity index (χ4v) is 4.05. The molecule has 0 bridgehead atoms. The van der Waals surface area contributed by atoms with Gasteiger partial charge in [-0.2, -0.15) is 5.26 Å². The lowest BCUT2D eigenvalue weighted by Gasteiger charge is -2.26. The number of thiazole rings is 1. The van der Waals surface area contributed by atoms with E-state index in [1.54, 1.807) is 24.3 Å². The van der Waals surface area contributed by atoms with Crippen LogP contribution in [0.1, 0.15) is 5.76 Å². The molecule has 3 aromatic rings. The summed E-state index contributed by atoms with van der Waals surface area (Å²) in [4.78, 5) is 39.5. The number of nitrogens with one attached hydrogen (secondary N) is 1. The van der Waals surface area contributed by atoms with Gasteiger partial charge in [-0.3, -0.25) is 19.7 Å². The third-order valence-electron chi connectivity index (χ3n) is 4.78. The van der Waals surface area contributed by atoms with Gasteiger partial charge in [-0.1, -0.05) is 0 Å². The van der Waals surface area contributed by atoms with Gasteiger partial charge in [-0.15, -0.1) is 11.3 Å². The number of benzene rings is 1. The molecule has 1 amide bonds. The van der Waals surface area contributed by atoms with E-state index in [1.807, 2.05) is 6.07 Å². The van der Waals surface area contributed by atoms with Gasteiger partial charge in [0.15, 0.2) is 5.57 Å². The SMILES string of the molecule is N#C/C(C(=O)N1CCOCC1)=c1\[nH]c(=O)/c(=C\c2ccc(-c3ccc([N+](=O)[O-])cc3)o2)s1. The second kappa shape index (κ2) is 9.01. The van der Waals surface area contributed by atoms with Gasteiger partial charge in [-0.25, -0.2) is 0 Å². The maximum absolute atomic E-state index is 12.7. The van der Waals surface area contributed by atoms with Crippen LogP contribution in [-0.2, 0) is 9.53 Å². The average Bonchev–Trinajstić information content (AvgIpc) is 3.42. The molecule has 32 heavy (non-hydrogen) atoms. The van der Waals surface area contributed by atoms with E-state index in [0.29, 0.717) is 43.4 Å². The van der Waals surface area contributed by atoms with Crippen molar-refractivity contribution in [1.29, 1.82) is 5.26 Å². The van der Waals surface area contributed by atoms with Gasteiger partial charge in [0.05, 0.1) is 22.7 Å². The molecule has 0 aliphatic carbocycles. The molecule has 0 saturated carbocycles. The molecule has 1 N–H and O–H groups in total. The number of rotatable bonds is 4. The zero-order valence-electron chi connectivity index (χ0n) is 16.6. The highest BCUT2D eigenvalue weighted by molar-refractivity contribution is 7.07. The van der Waals surface area contributed by atoms with E-state index in [0.717, 1.165) is 11.3 Å². The van der Waals surface area contributed by atoms with Gasteiger partial charge in [0, 0.05) is 36.9 Å². The number of carbonyl (C=O) groups excluding carboxylic acids is 1. The number of nitrogens with zero attached hydrogens (tertiary/aromatic N) is 3. The number of aromatic amines is 1. The molecule has 10 nitrogen and oxygen atoms in total. The number of hydrogen-bond donors (Lipinski definition) is 1. The van der Waals surface area contributed by atoms with Crippen molar-refractivity contribution in [1.82, 2.24) is 9.88 Å². The number of morpholine rings is 1. The quantitative estimate of drug-likeness (QED) is 0.459. The van der Waals surface area contributed by atoms with Crippen LogP contribution in [-0.4, -0.2) is 47.0 Å². The molecule has 1 aliphatic rings. The fourth-order valence-electron chi connectivity index (χ4n) is 3.14. The van der Waals surface area contributed by atoms with E-state index < -0.39 is 16.4 Å². The molecular weight excluding hydrogens is 436 g/mol. The highest BCUT2D eigenvalue weighted by Gasteiger charge is 2.22. The van der Waals surface area contributed by atoms with Crippen molar-refractivity contribution in [2.45, 2.75) is 0 Å². The summed E-state index contributed by atoms with van der Waals surface area (Å²) in [5.41, 5.74) is 0.0497. The molecule has 1 aromatic carbocycles. The number of H-pyrrole nitrogens is 1. The first kappa shape index (κ1) is 21.2. The van der Waals surface area contributed by atoms with Crippen LogP contribution in [0.25, 0.3) is 23.0 Å². The molecule has 4 rings (SSSR count). The fraction of sp³-hybridized carbons (Fsp3) is 0.190. The van der Waals surface area contributed by atoms with E-state index in [4.69, 9.17) is 9.15 Å². The van der Waals surface area contributed by atoms with Gasteiger partial charge in [0.2, 0.25) is 0 Å². The number of nitro groups is 1. The van der Waals surface area contributed by atoms with E-state index in [1.165, 1.54) is 23.1 Å². The highest BCUT2D eigenvalue weighted by atomic mass is 32.1. The highest BCUT2D eigenvalue weighted by Crippen LogP contribution is 2.24. The standard InChI is InChI=1S/C21H16N4O6S/c22-12-16(21(27)24-7-9-30-10-8-24)20-23-19(26)18(32-20)11-15-5-6-17(31-15)13-1-3-14(4-2-13)25(28)29/h1-6,11H,7-10H2,(H,23,26)/b18-11+,20-16-. The number of furan rings is 1. The Morgan fingerprint density at radius 3 is 2.59 bits per heavy atom. The maximum atomic E-state index is 12.7. The lowest BCUT2D eigenvalue weighted by Crippen LogP contribution is -2.42. The summed E-state index contributed by atoms with van der Waals surface area (Å²) < 4.78 is 11.4. The lowest BCUT2D eigenvalue weighted by molar-refractivity contribution is -0.384. The van der Waals surface area contributed by atoms with Crippen molar-refractivity contribution in [3.8, 4) is 17.4 Å². The second-order valence-electron chi connectivity index (χ2n) is 6.79. The molecule has 0 radical (unpaired) electrons. The van der Waals surface area contributed by atoms with Crippen molar-refractivity contribution < 1.29 is 18.9 Å². The number of ether oxygens (including phenoxy) is 1. The Hall–Kier alpha value is -4.01. The summed E-state index contributed by atoms with van der Waals surface area (Å²) in [5, 5.41) is 20.3. The molecule has 1 saturated heterocycles. The first-order chi connectivity index (χ1) is 15.5. The normalized spacial score (nSPS) is 15.3. The van der Waals surface area contributed by atoms with Crippen LogP contribution in [0.4, 0.5) is 5.69 Å². The number of aromatic nitrogens is 1. The third kappa shape index (κ3) is 4.36. The minimum absolute atomic E-state index is 0.0269.